The minimum Gasteiger partial charge on any atom is -0.387 e. The lowest BCUT2D eigenvalue weighted by molar-refractivity contribution is 0.0108. The number of H-pyrrole nitrogens is 1. The van der Waals surface area contributed by atoms with Gasteiger partial charge in [-0.2, -0.15) is 0 Å². The summed E-state index contributed by atoms with van der Waals surface area (Å²) in [6.45, 7) is 2.84. The number of rotatable bonds is 6. The van der Waals surface area contributed by atoms with Crippen molar-refractivity contribution in [2.45, 2.75) is 37.3 Å². The highest BCUT2D eigenvalue weighted by Crippen LogP contribution is 2.26. The summed E-state index contributed by atoms with van der Waals surface area (Å²) in [7, 11) is -3.38. The van der Waals surface area contributed by atoms with E-state index in [0.29, 0.717) is 16.6 Å². The van der Waals surface area contributed by atoms with Crippen LogP contribution in [-0.2, 0) is 16.3 Å². The molecule has 121 valence electrons. The highest BCUT2D eigenvalue weighted by Gasteiger charge is 2.29. The molecule has 1 unspecified atom stereocenters. The van der Waals surface area contributed by atoms with Gasteiger partial charge in [0.2, 0.25) is 0 Å². The fourth-order valence-corrected chi connectivity index (χ4v) is 3.12. The molecule has 7 heteroatoms. The monoisotopic (exact) mass is 327 g/mol. The Balaban J connectivity index is 2.33. The average Bonchev–Trinajstić information content (AvgIpc) is 2.77. The number of aromatic amines is 1. The zero-order valence-corrected chi connectivity index (χ0v) is 13.7. The minimum absolute atomic E-state index is 0.0101. The Morgan fingerprint density at radius 1 is 1.41 bits per heavy atom. The molecule has 2 aromatic rings. The van der Waals surface area contributed by atoms with Gasteiger partial charge in [-0.1, -0.05) is 13.8 Å². The van der Waals surface area contributed by atoms with Crippen LogP contribution in [0.15, 0.2) is 23.4 Å². The maximum atomic E-state index is 13.2. The molecular formula is C15H20FN2O3S. The lowest BCUT2D eigenvalue weighted by atomic mass is 9.89. The predicted molar refractivity (Wildman–Crippen MR) is 83.0 cm³/mol. The Bertz CT molecular complexity index is 770. The largest absolute Gasteiger partial charge is 0.387 e. The van der Waals surface area contributed by atoms with E-state index in [0.717, 1.165) is 12.2 Å². The van der Waals surface area contributed by atoms with Crippen LogP contribution in [0.1, 0.15) is 26.0 Å². The molecule has 2 aromatic heterocycles. The van der Waals surface area contributed by atoms with Crippen molar-refractivity contribution in [2.24, 2.45) is 0 Å². The van der Waals surface area contributed by atoms with Crippen molar-refractivity contribution in [1.82, 2.24) is 9.97 Å². The molecule has 2 N–H and O–H groups in total. The molecule has 0 aliphatic rings. The first-order chi connectivity index (χ1) is 10.1. The smallest absolute Gasteiger partial charge is 0.192 e. The highest BCUT2D eigenvalue weighted by atomic mass is 32.2. The van der Waals surface area contributed by atoms with Gasteiger partial charge in [-0.3, -0.25) is 0 Å². The number of sulfone groups is 1. The molecule has 0 spiro atoms. The van der Waals surface area contributed by atoms with Crippen LogP contribution in [0.3, 0.4) is 0 Å². The van der Waals surface area contributed by atoms with Crippen LogP contribution in [-0.4, -0.2) is 42.0 Å². The van der Waals surface area contributed by atoms with Crippen LogP contribution in [0.5, 0.6) is 0 Å². The van der Waals surface area contributed by atoms with Gasteiger partial charge >= 0.3 is 0 Å². The van der Waals surface area contributed by atoms with E-state index in [-0.39, 0.29) is 17.9 Å². The molecule has 0 bridgehead atoms. The van der Waals surface area contributed by atoms with Crippen molar-refractivity contribution in [2.75, 3.05) is 12.9 Å². The van der Waals surface area contributed by atoms with E-state index in [2.05, 4.69) is 9.97 Å². The standard InChI is InChI=1S/C15H20FN2O3S/c1-10(2)6-15(19,9-16)7-12-4-11-5-14(22(3,20)21)17-8-13(11)18-12/h4-5,8,18-19H,6-7,9H2,1-3H3. The van der Waals surface area contributed by atoms with Gasteiger partial charge in [0.05, 0.1) is 17.3 Å². The molecule has 0 aliphatic carbocycles. The third-order valence-corrected chi connectivity index (χ3v) is 4.35. The number of fused-ring (bicyclic) bond motifs is 1. The number of nitrogens with one attached hydrogen (secondary N) is 1. The van der Waals surface area contributed by atoms with Gasteiger partial charge in [-0.05, 0) is 24.5 Å². The third kappa shape index (κ3) is 3.84. The molecular weight excluding hydrogens is 307 g/mol. The quantitative estimate of drug-likeness (QED) is 0.852. The Morgan fingerprint density at radius 2 is 2.09 bits per heavy atom. The third-order valence-electron chi connectivity index (χ3n) is 3.37. The molecule has 1 atom stereocenters. The number of halogens is 1. The molecule has 0 aromatic carbocycles. The number of nitrogens with zero attached hydrogens (tertiary/aromatic N) is 1. The van der Waals surface area contributed by atoms with Crippen LogP contribution < -0.4 is 0 Å². The Labute approximate surface area is 129 Å². The van der Waals surface area contributed by atoms with Crippen LogP contribution in [0.2, 0.25) is 0 Å². The summed E-state index contributed by atoms with van der Waals surface area (Å²) in [5, 5.41) is 11.0. The first kappa shape index (κ1) is 16.9. The topological polar surface area (TPSA) is 83.0 Å². The van der Waals surface area contributed by atoms with Crippen LogP contribution in [0, 0.1) is 5.92 Å². The summed E-state index contributed by atoms with van der Waals surface area (Å²) in [4.78, 5) is 6.94. The van der Waals surface area contributed by atoms with E-state index in [1.54, 1.807) is 6.07 Å². The fraction of sp³-hybridized carbons (Fsp3) is 0.467. The molecule has 5 nitrogen and oxygen atoms in total. The lowest BCUT2D eigenvalue weighted by Gasteiger charge is -2.26. The summed E-state index contributed by atoms with van der Waals surface area (Å²) in [5.41, 5.74) is -0.156. The van der Waals surface area contributed by atoms with Crippen molar-refractivity contribution in [3.63, 3.8) is 0 Å². The van der Waals surface area contributed by atoms with Gasteiger partial charge in [0, 0.05) is 23.8 Å². The van der Waals surface area contributed by atoms with Crippen LogP contribution in [0.4, 0.5) is 4.39 Å². The van der Waals surface area contributed by atoms with E-state index in [4.69, 9.17) is 0 Å². The summed E-state index contributed by atoms with van der Waals surface area (Å²) in [6.07, 6.45) is 2.92. The zero-order chi connectivity index (χ0) is 16.5. The Morgan fingerprint density at radius 3 is 2.64 bits per heavy atom. The van der Waals surface area contributed by atoms with Gasteiger partial charge < -0.3 is 10.1 Å². The highest BCUT2D eigenvalue weighted by molar-refractivity contribution is 7.90. The van der Waals surface area contributed by atoms with E-state index < -0.39 is 22.1 Å². The minimum atomic E-state index is -3.38. The molecule has 0 saturated carbocycles. The second-order valence-corrected chi connectivity index (χ2v) is 8.06. The number of aliphatic hydroxyl groups is 1. The normalized spacial score (nSPS) is 15.4. The first-order valence-electron chi connectivity index (χ1n) is 6.88. The van der Waals surface area contributed by atoms with Crippen LogP contribution in [0.25, 0.3) is 10.9 Å². The second-order valence-electron chi connectivity index (χ2n) is 6.10. The van der Waals surface area contributed by atoms with Crippen molar-refractivity contribution in [1.29, 1.82) is 0 Å². The van der Waals surface area contributed by atoms with Gasteiger partial charge in [0.25, 0.3) is 0 Å². The van der Waals surface area contributed by atoms with Crippen molar-refractivity contribution < 1.29 is 17.9 Å². The Kier molecular flexibility index (Phi) is 4.58. The average molecular weight is 327 g/mol. The number of pyridine rings is 1. The SMILES string of the molecule is C[C](C)CC(O)(CF)Cc1cc2cc(S(C)(=O)=O)ncc2[nH]1. The molecule has 22 heavy (non-hydrogen) atoms. The molecule has 1 radical (unpaired) electrons. The zero-order valence-electron chi connectivity index (χ0n) is 12.9. The molecule has 0 amide bonds. The Hall–Kier alpha value is -1.47. The van der Waals surface area contributed by atoms with E-state index >= 15 is 0 Å². The predicted octanol–water partition coefficient (Wildman–Crippen LogP) is 2.21. The van der Waals surface area contributed by atoms with Crippen molar-refractivity contribution in [3.8, 4) is 0 Å². The van der Waals surface area contributed by atoms with Gasteiger partial charge in [0.15, 0.2) is 14.9 Å². The molecule has 0 aliphatic heterocycles. The molecule has 0 fully saturated rings. The molecule has 2 rings (SSSR count). The van der Waals surface area contributed by atoms with Crippen LogP contribution >= 0.6 is 0 Å². The molecule has 2 heterocycles. The van der Waals surface area contributed by atoms with E-state index in [1.807, 2.05) is 13.8 Å². The molecule has 0 saturated heterocycles. The maximum absolute atomic E-state index is 13.2. The van der Waals surface area contributed by atoms with Gasteiger partial charge in [-0.25, -0.2) is 17.8 Å². The number of aromatic nitrogens is 2. The van der Waals surface area contributed by atoms with Gasteiger partial charge in [-0.15, -0.1) is 0 Å². The summed E-state index contributed by atoms with van der Waals surface area (Å²) in [6, 6.07) is 3.19. The van der Waals surface area contributed by atoms with Crippen molar-refractivity contribution >= 4 is 20.7 Å². The summed E-state index contributed by atoms with van der Waals surface area (Å²) < 4.78 is 36.2. The number of hydrogen-bond donors (Lipinski definition) is 2. The van der Waals surface area contributed by atoms with E-state index in [1.165, 1.54) is 12.3 Å². The number of alkyl halides is 1. The lowest BCUT2D eigenvalue weighted by Crippen LogP contribution is -2.35. The first-order valence-corrected chi connectivity index (χ1v) is 8.77. The fourth-order valence-electron chi connectivity index (χ4n) is 2.54. The van der Waals surface area contributed by atoms with Gasteiger partial charge in [0.1, 0.15) is 6.67 Å². The number of hydrogen-bond acceptors (Lipinski definition) is 4. The van der Waals surface area contributed by atoms with E-state index in [9.17, 15) is 17.9 Å². The summed E-state index contributed by atoms with van der Waals surface area (Å²) >= 11 is 0. The second kappa shape index (κ2) is 5.96. The van der Waals surface area contributed by atoms with Crippen molar-refractivity contribution in [3.05, 3.63) is 29.9 Å². The maximum Gasteiger partial charge on any atom is 0.192 e. The summed E-state index contributed by atoms with van der Waals surface area (Å²) in [5.74, 6) is 0.942.